The first-order chi connectivity index (χ1) is 8.70. The van der Waals surface area contributed by atoms with Gasteiger partial charge in [0.2, 0.25) is 0 Å². The normalized spacial score (nSPS) is 25.7. The molecule has 0 amide bonds. The third kappa shape index (κ3) is 3.24. The van der Waals surface area contributed by atoms with E-state index in [1.165, 1.54) is 24.8 Å². The zero-order chi connectivity index (χ0) is 13.0. The van der Waals surface area contributed by atoms with Crippen molar-refractivity contribution in [2.75, 3.05) is 7.11 Å². The molecule has 0 heterocycles. The van der Waals surface area contributed by atoms with Gasteiger partial charge in [0.05, 0.1) is 7.11 Å². The van der Waals surface area contributed by atoms with Gasteiger partial charge in [0, 0.05) is 18.1 Å². The summed E-state index contributed by atoms with van der Waals surface area (Å²) in [4.78, 5) is 0. The van der Waals surface area contributed by atoms with Crippen molar-refractivity contribution in [2.45, 2.75) is 50.7 Å². The molecule has 0 spiro atoms. The lowest BCUT2D eigenvalue weighted by atomic mass is 9.90. The van der Waals surface area contributed by atoms with Crippen LogP contribution in [0.25, 0.3) is 0 Å². The Bertz CT molecular complexity index is 363. The zero-order valence-electron chi connectivity index (χ0n) is 11.4. The Labute approximate surface area is 110 Å². The van der Waals surface area contributed by atoms with Gasteiger partial charge in [-0.2, -0.15) is 0 Å². The summed E-state index contributed by atoms with van der Waals surface area (Å²) in [5.74, 6) is 0.903. The molecule has 3 atom stereocenters. The Morgan fingerprint density at radius 3 is 2.50 bits per heavy atom. The van der Waals surface area contributed by atoms with Gasteiger partial charge in [0.1, 0.15) is 5.75 Å². The fourth-order valence-electron chi connectivity index (χ4n) is 2.68. The van der Waals surface area contributed by atoms with Gasteiger partial charge in [-0.1, -0.05) is 25.0 Å². The van der Waals surface area contributed by atoms with E-state index in [2.05, 4.69) is 24.4 Å². The van der Waals surface area contributed by atoms with Crippen LogP contribution in [-0.2, 0) is 0 Å². The Morgan fingerprint density at radius 2 is 1.89 bits per heavy atom. The molecule has 1 aromatic carbocycles. The highest BCUT2D eigenvalue weighted by Crippen LogP contribution is 2.22. The molecule has 0 aromatic heterocycles. The third-order valence-corrected chi connectivity index (χ3v) is 3.90. The molecule has 3 nitrogen and oxygen atoms in total. The monoisotopic (exact) mass is 248 g/mol. The number of nitrogens with two attached hydrogens (primary N) is 1. The standard InChI is InChI=1S/C15H24N2O/c1-11(12-7-9-13(18-2)10-8-12)17-15-6-4-3-5-14(15)16/h7-11,14-15,17H,3-6,16H2,1-2H3. The Balaban J connectivity index is 1.95. The maximum Gasteiger partial charge on any atom is 0.118 e. The van der Waals surface area contributed by atoms with Crippen LogP contribution in [0.15, 0.2) is 24.3 Å². The van der Waals surface area contributed by atoms with E-state index in [0.29, 0.717) is 18.1 Å². The van der Waals surface area contributed by atoms with Crippen LogP contribution >= 0.6 is 0 Å². The van der Waals surface area contributed by atoms with Gasteiger partial charge in [-0.05, 0) is 37.5 Å². The molecule has 1 aromatic rings. The van der Waals surface area contributed by atoms with Crippen molar-refractivity contribution < 1.29 is 4.74 Å². The lowest BCUT2D eigenvalue weighted by molar-refractivity contribution is 0.306. The minimum Gasteiger partial charge on any atom is -0.497 e. The second-order valence-corrected chi connectivity index (χ2v) is 5.22. The molecule has 1 saturated carbocycles. The summed E-state index contributed by atoms with van der Waals surface area (Å²) < 4.78 is 5.18. The Hall–Kier alpha value is -1.06. The first kappa shape index (κ1) is 13.4. The van der Waals surface area contributed by atoms with Gasteiger partial charge in [0.15, 0.2) is 0 Å². The highest BCUT2D eigenvalue weighted by molar-refractivity contribution is 5.28. The first-order valence-corrected chi connectivity index (χ1v) is 6.86. The number of rotatable bonds is 4. The van der Waals surface area contributed by atoms with Crippen molar-refractivity contribution in [3.8, 4) is 5.75 Å². The molecular weight excluding hydrogens is 224 g/mol. The van der Waals surface area contributed by atoms with Crippen molar-refractivity contribution in [3.63, 3.8) is 0 Å². The predicted molar refractivity (Wildman–Crippen MR) is 74.8 cm³/mol. The van der Waals surface area contributed by atoms with Crippen LogP contribution < -0.4 is 15.8 Å². The highest BCUT2D eigenvalue weighted by Gasteiger charge is 2.23. The Kier molecular flexibility index (Phi) is 4.61. The molecule has 0 bridgehead atoms. The quantitative estimate of drug-likeness (QED) is 0.861. The summed E-state index contributed by atoms with van der Waals surface area (Å²) in [6.07, 6.45) is 4.91. The molecule has 18 heavy (non-hydrogen) atoms. The molecule has 100 valence electrons. The van der Waals surface area contributed by atoms with Crippen molar-refractivity contribution in [3.05, 3.63) is 29.8 Å². The average molecular weight is 248 g/mol. The molecule has 0 aliphatic heterocycles. The van der Waals surface area contributed by atoms with Crippen molar-refractivity contribution in [1.29, 1.82) is 0 Å². The highest BCUT2D eigenvalue weighted by atomic mass is 16.5. The minimum absolute atomic E-state index is 0.305. The SMILES string of the molecule is COc1ccc(C(C)NC2CCCCC2N)cc1. The zero-order valence-corrected chi connectivity index (χ0v) is 11.4. The maximum atomic E-state index is 6.17. The topological polar surface area (TPSA) is 47.3 Å². The molecule has 1 aliphatic carbocycles. The summed E-state index contributed by atoms with van der Waals surface area (Å²) in [6.45, 7) is 2.20. The lowest BCUT2D eigenvalue weighted by Gasteiger charge is -2.32. The van der Waals surface area contributed by atoms with Crippen LogP contribution in [-0.4, -0.2) is 19.2 Å². The van der Waals surface area contributed by atoms with Gasteiger partial charge in [-0.15, -0.1) is 0 Å². The summed E-state index contributed by atoms with van der Waals surface area (Å²) in [6, 6.07) is 9.35. The maximum absolute atomic E-state index is 6.17. The van der Waals surface area contributed by atoms with Gasteiger partial charge in [-0.3, -0.25) is 0 Å². The first-order valence-electron chi connectivity index (χ1n) is 6.86. The average Bonchev–Trinajstić information content (AvgIpc) is 2.41. The molecular formula is C15H24N2O. The third-order valence-electron chi connectivity index (χ3n) is 3.90. The molecule has 1 fully saturated rings. The summed E-state index contributed by atoms with van der Waals surface area (Å²) in [5, 5.41) is 3.66. The van der Waals surface area contributed by atoms with Gasteiger partial charge in [-0.25, -0.2) is 0 Å². The van der Waals surface area contributed by atoms with Crippen molar-refractivity contribution in [1.82, 2.24) is 5.32 Å². The smallest absolute Gasteiger partial charge is 0.118 e. The summed E-state index contributed by atoms with van der Waals surface area (Å²) in [5.41, 5.74) is 7.45. The van der Waals surface area contributed by atoms with E-state index < -0.39 is 0 Å². The number of hydrogen-bond acceptors (Lipinski definition) is 3. The van der Waals surface area contributed by atoms with Crippen molar-refractivity contribution in [2.24, 2.45) is 5.73 Å². The molecule has 0 radical (unpaired) electrons. The molecule has 0 saturated heterocycles. The number of methoxy groups -OCH3 is 1. The van der Waals surface area contributed by atoms with E-state index in [-0.39, 0.29) is 0 Å². The van der Waals surface area contributed by atoms with E-state index >= 15 is 0 Å². The molecule has 3 unspecified atom stereocenters. The van der Waals surface area contributed by atoms with Gasteiger partial charge >= 0.3 is 0 Å². The fraction of sp³-hybridized carbons (Fsp3) is 0.600. The van der Waals surface area contributed by atoms with Gasteiger partial charge in [0.25, 0.3) is 0 Å². The summed E-state index contributed by atoms with van der Waals surface area (Å²) in [7, 11) is 1.69. The van der Waals surface area contributed by atoms with Crippen molar-refractivity contribution >= 4 is 0 Å². The summed E-state index contributed by atoms with van der Waals surface area (Å²) >= 11 is 0. The second kappa shape index (κ2) is 6.21. The number of benzene rings is 1. The fourth-order valence-corrected chi connectivity index (χ4v) is 2.68. The predicted octanol–water partition coefficient (Wildman–Crippen LogP) is 2.62. The van der Waals surface area contributed by atoms with E-state index in [0.717, 1.165) is 12.2 Å². The van der Waals surface area contributed by atoms with Crippen LogP contribution in [0.2, 0.25) is 0 Å². The van der Waals surface area contributed by atoms with E-state index in [1.807, 2.05) is 12.1 Å². The van der Waals surface area contributed by atoms with Crippen LogP contribution in [0.4, 0.5) is 0 Å². The minimum atomic E-state index is 0.305. The van der Waals surface area contributed by atoms with Crippen LogP contribution in [0.5, 0.6) is 5.75 Å². The van der Waals surface area contributed by atoms with Gasteiger partial charge < -0.3 is 15.8 Å². The Morgan fingerprint density at radius 1 is 1.22 bits per heavy atom. The lowest BCUT2D eigenvalue weighted by Crippen LogP contribution is -2.47. The largest absolute Gasteiger partial charge is 0.497 e. The molecule has 1 aliphatic rings. The molecule has 3 heteroatoms. The van der Waals surface area contributed by atoms with E-state index in [1.54, 1.807) is 7.11 Å². The molecule has 2 rings (SSSR count). The van der Waals surface area contributed by atoms with Crippen LogP contribution in [0, 0.1) is 0 Å². The van der Waals surface area contributed by atoms with E-state index in [4.69, 9.17) is 10.5 Å². The number of nitrogens with one attached hydrogen (secondary N) is 1. The van der Waals surface area contributed by atoms with Crippen LogP contribution in [0.1, 0.15) is 44.2 Å². The van der Waals surface area contributed by atoms with E-state index in [9.17, 15) is 0 Å². The van der Waals surface area contributed by atoms with Crippen LogP contribution in [0.3, 0.4) is 0 Å². The second-order valence-electron chi connectivity index (χ2n) is 5.22. The number of ether oxygens (including phenoxy) is 1. The molecule has 3 N–H and O–H groups in total. The number of hydrogen-bond donors (Lipinski definition) is 2.